The normalized spacial score (nSPS) is 17.9. The van der Waals surface area contributed by atoms with Crippen LogP contribution < -0.4 is 9.64 Å². The van der Waals surface area contributed by atoms with Crippen LogP contribution in [0.15, 0.2) is 78.5 Å². The van der Waals surface area contributed by atoms with Crippen LogP contribution in [0.5, 0.6) is 5.75 Å². The number of aliphatic hydroxyl groups excluding tert-OH is 1. The maximum atomic E-state index is 14.0. The number of ether oxygens (including phenoxy) is 1. The molecule has 1 aromatic heterocycles. The predicted molar refractivity (Wildman–Crippen MR) is 108 cm³/mol. The number of hydrogen-bond donors (Lipinski definition) is 1. The third-order valence-corrected chi connectivity index (χ3v) is 4.85. The molecule has 1 atom stereocenters. The molecule has 2 aromatic carbocycles. The van der Waals surface area contributed by atoms with E-state index in [4.69, 9.17) is 4.74 Å². The van der Waals surface area contributed by atoms with Gasteiger partial charge in [-0.2, -0.15) is 0 Å². The van der Waals surface area contributed by atoms with E-state index in [9.17, 15) is 19.1 Å². The minimum atomic E-state index is -1.04. The molecule has 3 aromatic rings. The minimum Gasteiger partial charge on any atom is -0.507 e. The van der Waals surface area contributed by atoms with Gasteiger partial charge >= 0.3 is 5.91 Å². The van der Waals surface area contributed by atoms with Gasteiger partial charge in [-0.05, 0) is 42.0 Å². The molecular weight excluding hydrogens is 387 g/mol. The molecule has 1 unspecified atom stereocenters. The molecule has 150 valence electrons. The van der Waals surface area contributed by atoms with Gasteiger partial charge in [-0.3, -0.25) is 14.5 Å². The Balaban J connectivity index is 1.95. The Kier molecular flexibility index (Phi) is 5.02. The second-order valence-electron chi connectivity index (χ2n) is 6.64. The van der Waals surface area contributed by atoms with Crippen molar-refractivity contribution in [2.45, 2.75) is 6.04 Å². The van der Waals surface area contributed by atoms with Crippen molar-refractivity contribution < 1.29 is 23.8 Å². The van der Waals surface area contributed by atoms with Crippen LogP contribution in [0.1, 0.15) is 17.2 Å². The molecule has 6 nitrogen and oxygen atoms in total. The second-order valence-corrected chi connectivity index (χ2v) is 6.64. The van der Waals surface area contributed by atoms with E-state index in [1.54, 1.807) is 48.5 Å². The van der Waals surface area contributed by atoms with Crippen LogP contribution in [-0.2, 0) is 9.59 Å². The molecule has 0 saturated carbocycles. The highest BCUT2D eigenvalue weighted by molar-refractivity contribution is 6.51. The average Bonchev–Trinajstić information content (AvgIpc) is 3.04. The minimum absolute atomic E-state index is 0.149. The van der Waals surface area contributed by atoms with Crippen LogP contribution in [0.25, 0.3) is 5.76 Å². The van der Waals surface area contributed by atoms with Gasteiger partial charge < -0.3 is 9.84 Å². The summed E-state index contributed by atoms with van der Waals surface area (Å²) in [5.41, 5.74) is 0.489. The Morgan fingerprint density at radius 3 is 2.57 bits per heavy atom. The third kappa shape index (κ3) is 3.30. The Morgan fingerprint density at radius 1 is 1.07 bits per heavy atom. The highest BCUT2D eigenvalue weighted by Gasteiger charge is 2.47. The molecule has 0 radical (unpaired) electrons. The van der Waals surface area contributed by atoms with Gasteiger partial charge in [0.05, 0.1) is 18.7 Å². The lowest BCUT2D eigenvalue weighted by Gasteiger charge is -2.24. The topological polar surface area (TPSA) is 79.7 Å². The monoisotopic (exact) mass is 404 g/mol. The smallest absolute Gasteiger partial charge is 0.301 e. The molecule has 1 N–H and O–H groups in total. The van der Waals surface area contributed by atoms with Gasteiger partial charge in [0.2, 0.25) is 0 Å². The SMILES string of the molecule is COc1cccc(/C(O)=C2/C(=O)C(=O)N(c3ccccn3)C2c2cccc(F)c2)c1. The predicted octanol–water partition coefficient (Wildman–Crippen LogP) is 3.86. The molecule has 1 aliphatic heterocycles. The maximum Gasteiger partial charge on any atom is 0.301 e. The zero-order chi connectivity index (χ0) is 21.3. The van der Waals surface area contributed by atoms with Crippen molar-refractivity contribution in [3.8, 4) is 5.75 Å². The van der Waals surface area contributed by atoms with Crippen molar-refractivity contribution in [2.24, 2.45) is 0 Å². The van der Waals surface area contributed by atoms with Crippen molar-refractivity contribution in [1.82, 2.24) is 4.98 Å². The summed E-state index contributed by atoms with van der Waals surface area (Å²) in [5.74, 6) is -1.94. The van der Waals surface area contributed by atoms with Crippen molar-refractivity contribution in [2.75, 3.05) is 12.0 Å². The molecular formula is C23H17FN2O4. The number of amides is 1. The number of aromatic nitrogens is 1. The first-order valence-electron chi connectivity index (χ1n) is 9.13. The zero-order valence-electron chi connectivity index (χ0n) is 15.9. The molecule has 2 heterocycles. The molecule has 0 spiro atoms. The molecule has 30 heavy (non-hydrogen) atoms. The fraction of sp³-hybridized carbons (Fsp3) is 0.0870. The standard InChI is InChI=1S/C23H17FN2O4/c1-30-17-9-5-7-15(13-17)21(27)19-20(14-6-4-8-16(24)12-14)26(23(29)22(19)28)18-10-2-3-11-25-18/h2-13,20,27H,1H3/b21-19-. The van der Waals surface area contributed by atoms with E-state index < -0.39 is 23.5 Å². The molecule has 1 saturated heterocycles. The number of benzene rings is 2. The summed E-state index contributed by atoms with van der Waals surface area (Å²) in [6, 6.07) is 15.9. The highest BCUT2D eigenvalue weighted by Crippen LogP contribution is 2.41. The van der Waals surface area contributed by atoms with Crippen LogP contribution >= 0.6 is 0 Å². The van der Waals surface area contributed by atoms with E-state index >= 15 is 0 Å². The van der Waals surface area contributed by atoms with Crippen LogP contribution in [-0.4, -0.2) is 28.9 Å². The summed E-state index contributed by atoms with van der Waals surface area (Å²) >= 11 is 0. The van der Waals surface area contributed by atoms with Gasteiger partial charge in [-0.25, -0.2) is 9.37 Å². The lowest BCUT2D eigenvalue weighted by Crippen LogP contribution is -2.30. The molecule has 0 bridgehead atoms. The number of methoxy groups -OCH3 is 1. The van der Waals surface area contributed by atoms with E-state index in [1.807, 2.05) is 0 Å². The Bertz CT molecular complexity index is 1160. The first-order valence-corrected chi connectivity index (χ1v) is 9.13. The summed E-state index contributed by atoms with van der Waals surface area (Å²) in [4.78, 5) is 31.2. The number of ketones is 1. The number of anilines is 1. The average molecular weight is 404 g/mol. The lowest BCUT2D eigenvalue weighted by molar-refractivity contribution is -0.132. The molecule has 1 aliphatic rings. The summed E-state index contributed by atoms with van der Waals surface area (Å²) in [7, 11) is 1.48. The van der Waals surface area contributed by atoms with E-state index in [1.165, 1.54) is 36.4 Å². The number of pyridine rings is 1. The zero-order valence-corrected chi connectivity index (χ0v) is 15.9. The molecule has 1 amide bonds. The first-order chi connectivity index (χ1) is 14.5. The maximum absolute atomic E-state index is 14.0. The largest absolute Gasteiger partial charge is 0.507 e. The Labute approximate surface area is 171 Å². The van der Waals surface area contributed by atoms with Crippen LogP contribution in [0.4, 0.5) is 10.2 Å². The summed E-state index contributed by atoms with van der Waals surface area (Å²) in [5, 5.41) is 11.0. The van der Waals surface area contributed by atoms with E-state index in [-0.39, 0.29) is 17.2 Å². The molecule has 7 heteroatoms. The molecule has 4 rings (SSSR count). The second kappa shape index (κ2) is 7.79. The summed E-state index contributed by atoms with van der Waals surface area (Å²) in [6.07, 6.45) is 1.49. The number of Topliss-reactive ketones (excluding diaryl/α,β-unsaturated/α-hetero) is 1. The summed E-state index contributed by atoms with van der Waals surface area (Å²) < 4.78 is 19.2. The van der Waals surface area contributed by atoms with Gasteiger partial charge in [-0.15, -0.1) is 0 Å². The van der Waals surface area contributed by atoms with Gasteiger partial charge in [0.25, 0.3) is 5.78 Å². The fourth-order valence-corrected chi connectivity index (χ4v) is 3.48. The van der Waals surface area contributed by atoms with Gasteiger partial charge in [0.1, 0.15) is 23.1 Å². The quantitative estimate of drug-likeness (QED) is 0.406. The Morgan fingerprint density at radius 2 is 1.87 bits per heavy atom. The van der Waals surface area contributed by atoms with Gasteiger partial charge in [0, 0.05) is 11.8 Å². The van der Waals surface area contributed by atoms with Gasteiger partial charge in [-0.1, -0.05) is 30.3 Å². The van der Waals surface area contributed by atoms with Crippen molar-refractivity contribution in [3.05, 3.63) is 95.4 Å². The van der Waals surface area contributed by atoms with Crippen LogP contribution in [0, 0.1) is 5.82 Å². The van der Waals surface area contributed by atoms with E-state index in [2.05, 4.69) is 4.98 Å². The van der Waals surface area contributed by atoms with E-state index in [0.717, 1.165) is 0 Å². The fourth-order valence-electron chi connectivity index (χ4n) is 3.48. The van der Waals surface area contributed by atoms with Crippen molar-refractivity contribution >= 4 is 23.3 Å². The number of hydrogen-bond acceptors (Lipinski definition) is 5. The van der Waals surface area contributed by atoms with Crippen molar-refractivity contribution in [1.29, 1.82) is 0 Å². The molecule has 1 fully saturated rings. The van der Waals surface area contributed by atoms with Gasteiger partial charge in [0.15, 0.2) is 0 Å². The number of rotatable bonds is 4. The van der Waals surface area contributed by atoms with Crippen LogP contribution in [0.2, 0.25) is 0 Å². The van der Waals surface area contributed by atoms with E-state index in [0.29, 0.717) is 16.9 Å². The highest BCUT2D eigenvalue weighted by atomic mass is 19.1. The first kappa shape index (κ1) is 19.3. The van der Waals surface area contributed by atoms with Crippen LogP contribution in [0.3, 0.4) is 0 Å². The number of carbonyl (C=O) groups is 2. The number of halogens is 1. The Hall–Kier alpha value is -4.00. The third-order valence-electron chi connectivity index (χ3n) is 4.85. The lowest BCUT2D eigenvalue weighted by atomic mass is 9.95. The number of carbonyl (C=O) groups excluding carboxylic acids is 2. The van der Waals surface area contributed by atoms with Crippen molar-refractivity contribution in [3.63, 3.8) is 0 Å². The molecule has 0 aliphatic carbocycles. The number of nitrogens with zero attached hydrogens (tertiary/aromatic N) is 2. The summed E-state index contributed by atoms with van der Waals surface area (Å²) in [6.45, 7) is 0. The number of aliphatic hydroxyl groups is 1.